The highest BCUT2D eigenvalue weighted by Crippen LogP contribution is 2.34. The van der Waals surface area contributed by atoms with Gasteiger partial charge in [-0.15, -0.1) is 11.6 Å². The summed E-state index contributed by atoms with van der Waals surface area (Å²) in [5.41, 5.74) is 3.26. The topological polar surface area (TPSA) is 37.0 Å². The second-order valence-electron chi connectivity index (χ2n) is 6.41. The molecule has 26 heavy (non-hydrogen) atoms. The minimum absolute atomic E-state index is 0.653. The van der Waals surface area contributed by atoms with Crippen LogP contribution in [0.2, 0.25) is 0 Å². The molecule has 0 aliphatic heterocycles. The van der Waals surface area contributed by atoms with Gasteiger partial charge in [0.1, 0.15) is 0 Å². The molecule has 0 fully saturated rings. The summed E-state index contributed by atoms with van der Waals surface area (Å²) < 4.78 is 0. The lowest BCUT2D eigenvalue weighted by molar-refractivity contribution is 0.691. The summed E-state index contributed by atoms with van der Waals surface area (Å²) in [6.07, 6.45) is 1.04. The van der Waals surface area contributed by atoms with E-state index in [1.165, 1.54) is 27.2 Å². The average molecular weight is 364 g/mol. The van der Waals surface area contributed by atoms with Crippen LogP contribution in [0.4, 0.5) is 5.69 Å². The Morgan fingerprint density at radius 3 is 2.46 bits per heavy atom. The van der Waals surface area contributed by atoms with E-state index in [1.807, 2.05) is 6.07 Å². The van der Waals surface area contributed by atoms with Crippen molar-refractivity contribution in [3.8, 4) is 0 Å². The molecule has 1 aromatic heterocycles. The van der Waals surface area contributed by atoms with Gasteiger partial charge >= 0.3 is 0 Å². The lowest BCUT2D eigenvalue weighted by atomic mass is 10.0. The third-order valence-corrected chi connectivity index (χ3v) is 4.87. The normalized spacial score (nSPS) is 11.4. The summed E-state index contributed by atoms with van der Waals surface area (Å²) >= 11 is 5.70. The van der Waals surface area contributed by atoms with E-state index in [0.717, 1.165) is 37.1 Å². The Kier molecular flexibility index (Phi) is 5.19. The quantitative estimate of drug-likeness (QED) is 0.206. The number of hydrogen-bond donors (Lipinski definition) is 2. The van der Waals surface area contributed by atoms with Crippen LogP contribution in [0, 0.1) is 0 Å². The zero-order valence-electron chi connectivity index (χ0n) is 14.6. The van der Waals surface area contributed by atoms with Crippen molar-refractivity contribution >= 4 is 49.9 Å². The number of rotatable bonds is 7. The van der Waals surface area contributed by atoms with E-state index in [1.54, 1.807) is 0 Å². The Balaban J connectivity index is 1.76. The highest BCUT2D eigenvalue weighted by atomic mass is 35.5. The minimum atomic E-state index is 0.653. The first-order valence-corrected chi connectivity index (χ1v) is 9.63. The molecule has 132 valence electrons. The number of para-hydroxylation sites is 1. The summed E-state index contributed by atoms with van der Waals surface area (Å²) in [6.45, 7) is 2.73. The third kappa shape index (κ3) is 3.33. The van der Waals surface area contributed by atoms with Gasteiger partial charge in [0, 0.05) is 35.1 Å². The number of nitrogens with zero attached hydrogens (tertiary/aromatic N) is 1. The van der Waals surface area contributed by atoms with Gasteiger partial charge in [-0.3, -0.25) is 0 Å². The molecule has 0 radical (unpaired) electrons. The smallest absolute Gasteiger partial charge is 0.0808 e. The molecule has 0 unspecified atom stereocenters. The number of aromatic nitrogens is 1. The van der Waals surface area contributed by atoms with Gasteiger partial charge in [0.15, 0.2) is 0 Å². The Bertz CT molecular complexity index is 1050. The van der Waals surface area contributed by atoms with Gasteiger partial charge in [-0.1, -0.05) is 54.6 Å². The molecule has 0 saturated heterocycles. The summed E-state index contributed by atoms with van der Waals surface area (Å²) in [5, 5.41) is 11.8. The number of nitrogens with one attached hydrogen (secondary N) is 2. The van der Waals surface area contributed by atoms with Crippen molar-refractivity contribution in [2.75, 3.05) is 30.8 Å². The number of halogens is 1. The first-order chi connectivity index (χ1) is 12.9. The van der Waals surface area contributed by atoms with E-state index >= 15 is 0 Å². The lowest BCUT2D eigenvalue weighted by Crippen LogP contribution is -2.20. The number of fused-ring (bicyclic) bond motifs is 4. The van der Waals surface area contributed by atoms with Crippen LogP contribution >= 0.6 is 11.6 Å². The molecular weight excluding hydrogens is 342 g/mol. The Morgan fingerprint density at radius 2 is 1.58 bits per heavy atom. The van der Waals surface area contributed by atoms with Crippen LogP contribution in [0.15, 0.2) is 60.7 Å². The standard InChI is InChI=1S/C22H22ClN3/c23-12-15-24-13-5-14-25-21-18-8-3-4-9-20(18)26-22-17-7-2-1-6-16(17)10-11-19(21)22/h1-4,6-11,24H,5,12-15H2,(H,25,26). The Hall–Kier alpha value is -2.36. The van der Waals surface area contributed by atoms with Crippen LogP contribution in [-0.4, -0.2) is 30.5 Å². The summed E-state index contributed by atoms with van der Waals surface area (Å²) in [6, 6.07) is 21.2. The predicted octanol–water partition coefficient (Wildman–Crippen LogP) is 5.17. The van der Waals surface area contributed by atoms with Crippen molar-refractivity contribution in [2.45, 2.75) is 6.42 Å². The van der Waals surface area contributed by atoms with E-state index in [2.05, 4.69) is 65.2 Å². The SMILES string of the molecule is ClCCNCCCNc1c2ccccc2nc2c1ccc1ccccc12. The van der Waals surface area contributed by atoms with Crippen LogP contribution in [-0.2, 0) is 0 Å². The van der Waals surface area contributed by atoms with Crippen LogP contribution in [0.25, 0.3) is 32.6 Å². The summed E-state index contributed by atoms with van der Waals surface area (Å²) in [7, 11) is 0. The molecular formula is C22H22ClN3. The highest BCUT2D eigenvalue weighted by Gasteiger charge is 2.10. The zero-order chi connectivity index (χ0) is 17.8. The number of alkyl halides is 1. The largest absolute Gasteiger partial charge is 0.384 e. The van der Waals surface area contributed by atoms with Gasteiger partial charge in [-0.2, -0.15) is 0 Å². The maximum atomic E-state index is 5.70. The van der Waals surface area contributed by atoms with Crippen molar-refractivity contribution in [2.24, 2.45) is 0 Å². The van der Waals surface area contributed by atoms with Gasteiger partial charge in [0.05, 0.1) is 16.7 Å². The van der Waals surface area contributed by atoms with Crippen molar-refractivity contribution in [3.63, 3.8) is 0 Å². The van der Waals surface area contributed by atoms with E-state index in [0.29, 0.717) is 5.88 Å². The molecule has 0 amide bonds. The summed E-state index contributed by atoms with van der Waals surface area (Å²) in [5.74, 6) is 0.653. The number of hydrogen-bond acceptors (Lipinski definition) is 3. The van der Waals surface area contributed by atoms with Crippen LogP contribution in [0.5, 0.6) is 0 Å². The van der Waals surface area contributed by atoms with Crippen LogP contribution in [0.1, 0.15) is 6.42 Å². The molecule has 2 N–H and O–H groups in total. The van der Waals surface area contributed by atoms with Gasteiger partial charge < -0.3 is 10.6 Å². The molecule has 4 aromatic rings. The van der Waals surface area contributed by atoms with Gasteiger partial charge in [-0.05, 0) is 24.4 Å². The first kappa shape index (κ1) is 17.1. The van der Waals surface area contributed by atoms with Gasteiger partial charge in [-0.25, -0.2) is 4.98 Å². The molecule has 0 bridgehead atoms. The second-order valence-corrected chi connectivity index (χ2v) is 6.78. The molecule has 3 aromatic carbocycles. The van der Waals surface area contributed by atoms with E-state index in [4.69, 9.17) is 16.6 Å². The summed E-state index contributed by atoms with van der Waals surface area (Å²) in [4.78, 5) is 4.97. The average Bonchev–Trinajstić information content (AvgIpc) is 2.69. The Labute approximate surface area is 158 Å². The number of pyridine rings is 1. The van der Waals surface area contributed by atoms with Crippen molar-refractivity contribution in [1.82, 2.24) is 10.3 Å². The fourth-order valence-corrected chi connectivity index (χ4v) is 3.57. The predicted molar refractivity (Wildman–Crippen MR) is 113 cm³/mol. The second kappa shape index (κ2) is 7.90. The van der Waals surface area contributed by atoms with Gasteiger partial charge in [0.25, 0.3) is 0 Å². The molecule has 0 aliphatic carbocycles. The van der Waals surface area contributed by atoms with E-state index in [-0.39, 0.29) is 0 Å². The van der Waals surface area contributed by atoms with Crippen molar-refractivity contribution in [1.29, 1.82) is 0 Å². The third-order valence-electron chi connectivity index (χ3n) is 4.68. The van der Waals surface area contributed by atoms with Crippen molar-refractivity contribution < 1.29 is 0 Å². The van der Waals surface area contributed by atoms with Crippen LogP contribution < -0.4 is 10.6 Å². The van der Waals surface area contributed by atoms with Crippen LogP contribution in [0.3, 0.4) is 0 Å². The molecule has 1 heterocycles. The molecule has 0 atom stereocenters. The Morgan fingerprint density at radius 1 is 0.769 bits per heavy atom. The fourth-order valence-electron chi connectivity index (χ4n) is 3.43. The minimum Gasteiger partial charge on any atom is -0.384 e. The maximum Gasteiger partial charge on any atom is 0.0808 e. The molecule has 0 aliphatic rings. The highest BCUT2D eigenvalue weighted by molar-refractivity contribution is 6.18. The zero-order valence-corrected chi connectivity index (χ0v) is 15.4. The lowest BCUT2D eigenvalue weighted by Gasteiger charge is -2.14. The van der Waals surface area contributed by atoms with Gasteiger partial charge in [0.2, 0.25) is 0 Å². The van der Waals surface area contributed by atoms with Crippen molar-refractivity contribution in [3.05, 3.63) is 60.7 Å². The first-order valence-electron chi connectivity index (χ1n) is 9.09. The van der Waals surface area contributed by atoms with E-state index in [9.17, 15) is 0 Å². The monoisotopic (exact) mass is 363 g/mol. The number of anilines is 1. The molecule has 3 nitrogen and oxygen atoms in total. The molecule has 0 spiro atoms. The maximum absolute atomic E-state index is 5.70. The fraction of sp³-hybridized carbons (Fsp3) is 0.227. The van der Waals surface area contributed by atoms with E-state index < -0.39 is 0 Å². The molecule has 0 saturated carbocycles. The molecule has 4 heteroatoms. The number of benzene rings is 3. The molecule has 4 rings (SSSR count).